The van der Waals surface area contributed by atoms with Gasteiger partial charge in [0.1, 0.15) is 0 Å². The summed E-state index contributed by atoms with van der Waals surface area (Å²) in [6.45, 7) is 1.60. The summed E-state index contributed by atoms with van der Waals surface area (Å²) in [6.07, 6.45) is 4.54. The highest BCUT2D eigenvalue weighted by molar-refractivity contribution is 5.74. The second kappa shape index (κ2) is 4.05. The summed E-state index contributed by atoms with van der Waals surface area (Å²) in [5.41, 5.74) is 1.16. The molecule has 1 amide bonds. The maximum atomic E-state index is 11.3. The van der Waals surface area contributed by atoms with Gasteiger partial charge >= 0.3 is 0 Å². The molecule has 0 unspecified atom stereocenters. The normalized spacial score (nSPS) is 18.7. The monoisotopic (exact) mass is 203 g/mol. The van der Waals surface area contributed by atoms with Crippen molar-refractivity contribution in [1.82, 2.24) is 5.32 Å². The highest BCUT2D eigenvalue weighted by Gasteiger charge is 2.35. The molecule has 1 aromatic carbocycles. The standard InChI is InChI=1S/C13H17NO/c1-11(15)14-13(9-5-6-10-13)12-7-3-2-4-8-12/h2-4,7-8H,5-6,9-10H2,1H3,(H,14,15). The van der Waals surface area contributed by atoms with E-state index in [1.54, 1.807) is 6.92 Å². The van der Waals surface area contributed by atoms with E-state index in [2.05, 4.69) is 17.4 Å². The van der Waals surface area contributed by atoms with Crippen molar-refractivity contribution < 1.29 is 4.79 Å². The van der Waals surface area contributed by atoms with Crippen LogP contribution in [-0.2, 0) is 10.3 Å². The molecule has 1 aliphatic rings. The van der Waals surface area contributed by atoms with Gasteiger partial charge in [0.25, 0.3) is 0 Å². The Morgan fingerprint density at radius 3 is 2.33 bits per heavy atom. The van der Waals surface area contributed by atoms with Gasteiger partial charge in [-0.2, -0.15) is 0 Å². The molecule has 1 aliphatic carbocycles. The Morgan fingerprint density at radius 2 is 1.80 bits per heavy atom. The molecule has 1 aromatic rings. The number of carbonyl (C=O) groups is 1. The van der Waals surface area contributed by atoms with Crippen LogP contribution in [0.1, 0.15) is 38.2 Å². The molecule has 0 aliphatic heterocycles. The van der Waals surface area contributed by atoms with Gasteiger partial charge in [-0.15, -0.1) is 0 Å². The van der Waals surface area contributed by atoms with Gasteiger partial charge < -0.3 is 5.32 Å². The minimum Gasteiger partial charge on any atom is -0.347 e. The molecule has 1 N–H and O–H groups in total. The molecular weight excluding hydrogens is 186 g/mol. The van der Waals surface area contributed by atoms with Crippen LogP contribution >= 0.6 is 0 Å². The Kier molecular flexibility index (Phi) is 2.76. The third kappa shape index (κ3) is 2.04. The summed E-state index contributed by atoms with van der Waals surface area (Å²) >= 11 is 0. The lowest BCUT2D eigenvalue weighted by Crippen LogP contribution is -2.42. The summed E-state index contributed by atoms with van der Waals surface area (Å²) in [4.78, 5) is 11.3. The van der Waals surface area contributed by atoms with E-state index in [0.29, 0.717) is 0 Å². The number of hydrogen-bond donors (Lipinski definition) is 1. The number of hydrogen-bond acceptors (Lipinski definition) is 1. The van der Waals surface area contributed by atoms with Crippen LogP contribution in [0.15, 0.2) is 30.3 Å². The summed E-state index contributed by atoms with van der Waals surface area (Å²) in [6, 6.07) is 10.3. The molecular formula is C13H17NO. The lowest BCUT2D eigenvalue weighted by Gasteiger charge is -2.30. The Hall–Kier alpha value is -1.31. The van der Waals surface area contributed by atoms with Gasteiger partial charge in [-0.3, -0.25) is 4.79 Å². The molecule has 0 saturated heterocycles. The highest BCUT2D eigenvalue weighted by atomic mass is 16.1. The van der Waals surface area contributed by atoms with E-state index in [9.17, 15) is 4.79 Å². The minimum absolute atomic E-state index is 0.0701. The van der Waals surface area contributed by atoms with Crippen LogP contribution in [0.25, 0.3) is 0 Å². The summed E-state index contributed by atoms with van der Waals surface area (Å²) in [7, 11) is 0. The van der Waals surface area contributed by atoms with Crippen molar-refractivity contribution in [1.29, 1.82) is 0 Å². The van der Waals surface area contributed by atoms with Crippen LogP contribution < -0.4 is 5.32 Å². The van der Waals surface area contributed by atoms with E-state index in [1.165, 1.54) is 18.4 Å². The lowest BCUT2D eigenvalue weighted by molar-refractivity contribution is -0.121. The molecule has 1 saturated carbocycles. The van der Waals surface area contributed by atoms with Crippen molar-refractivity contribution in [2.75, 3.05) is 0 Å². The molecule has 2 heteroatoms. The molecule has 0 bridgehead atoms. The summed E-state index contributed by atoms with van der Waals surface area (Å²) in [5.74, 6) is 0.0701. The third-order valence-electron chi connectivity index (χ3n) is 3.20. The van der Waals surface area contributed by atoms with Gasteiger partial charge in [0.15, 0.2) is 0 Å². The van der Waals surface area contributed by atoms with Crippen molar-refractivity contribution in [3.63, 3.8) is 0 Å². The predicted octanol–water partition coefficient (Wildman–Crippen LogP) is 2.59. The number of benzene rings is 1. The minimum atomic E-state index is -0.0902. The van der Waals surface area contributed by atoms with Crippen molar-refractivity contribution in [2.45, 2.75) is 38.1 Å². The SMILES string of the molecule is CC(=O)NC1(c2ccccc2)CCCC1. The van der Waals surface area contributed by atoms with E-state index in [0.717, 1.165) is 12.8 Å². The van der Waals surface area contributed by atoms with E-state index >= 15 is 0 Å². The zero-order valence-electron chi connectivity index (χ0n) is 9.12. The van der Waals surface area contributed by atoms with Gasteiger partial charge in [0.2, 0.25) is 5.91 Å². The molecule has 0 spiro atoms. The Bertz CT molecular complexity index is 339. The second-order valence-corrected chi connectivity index (χ2v) is 4.34. The maximum absolute atomic E-state index is 11.3. The molecule has 80 valence electrons. The van der Waals surface area contributed by atoms with Crippen molar-refractivity contribution in [3.05, 3.63) is 35.9 Å². The Balaban J connectivity index is 2.30. The largest absolute Gasteiger partial charge is 0.347 e. The quantitative estimate of drug-likeness (QED) is 0.786. The zero-order valence-corrected chi connectivity index (χ0v) is 9.12. The highest BCUT2D eigenvalue weighted by Crippen LogP contribution is 2.38. The fraction of sp³-hybridized carbons (Fsp3) is 0.462. The van der Waals surface area contributed by atoms with Crippen LogP contribution in [-0.4, -0.2) is 5.91 Å². The van der Waals surface area contributed by atoms with Crippen LogP contribution in [0.2, 0.25) is 0 Å². The predicted molar refractivity (Wildman–Crippen MR) is 60.4 cm³/mol. The van der Waals surface area contributed by atoms with E-state index < -0.39 is 0 Å². The molecule has 15 heavy (non-hydrogen) atoms. The summed E-state index contributed by atoms with van der Waals surface area (Å²) < 4.78 is 0. The zero-order chi connectivity index (χ0) is 10.7. The maximum Gasteiger partial charge on any atom is 0.217 e. The third-order valence-corrected chi connectivity index (χ3v) is 3.20. The Morgan fingerprint density at radius 1 is 1.20 bits per heavy atom. The van der Waals surface area contributed by atoms with Gasteiger partial charge in [-0.05, 0) is 18.4 Å². The van der Waals surface area contributed by atoms with Crippen molar-refractivity contribution in [2.24, 2.45) is 0 Å². The first kappa shape index (κ1) is 10.2. The summed E-state index contributed by atoms with van der Waals surface area (Å²) in [5, 5.41) is 3.13. The smallest absolute Gasteiger partial charge is 0.217 e. The van der Waals surface area contributed by atoms with Gasteiger partial charge in [0.05, 0.1) is 5.54 Å². The average Bonchev–Trinajstić information content (AvgIpc) is 2.68. The topological polar surface area (TPSA) is 29.1 Å². The van der Waals surface area contributed by atoms with Gasteiger partial charge in [0, 0.05) is 6.92 Å². The van der Waals surface area contributed by atoms with Crippen LogP contribution in [0.5, 0.6) is 0 Å². The van der Waals surface area contributed by atoms with Crippen LogP contribution in [0.4, 0.5) is 0 Å². The number of amides is 1. The molecule has 2 nitrogen and oxygen atoms in total. The molecule has 1 fully saturated rings. The fourth-order valence-corrected chi connectivity index (χ4v) is 2.56. The van der Waals surface area contributed by atoms with Gasteiger partial charge in [-0.25, -0.2) is 0 Å². The number of nitrogens with one attached hydrogen (secondary N) is 1. The number of carbonyl (C=O) groups excluding carboxylic acids is 1. The van der Waals surface area contributed by atoms with E-state index in [-0.39, 0.29) is 11.4 Å². The fourth-order valence-electron chi connectivity index (χ4n) is 2.56. The molecule has 0 aromatic heterocycles. The molecule has 0 radical (unpaired) electrons. The first-order valence-electron chi connectivity index (χ1n) is 5.57. The van der Waals surface area contributed by atoms with Gasteiger partial charge in [-0.1, -0.05) is 43.2 Å². The molecule has 0 atom stereocenters. The lowest BCUT2D eigenvalue weighted by atomic mass is 9.88. The van der Waals surface area contributed by atoms with Crippen molar-refractivity contribution in [3.8, 4) is 0 Å². The van der Waals surface area contributed by atoms with Crippen molar-refractivity contribution >= 4 is 5.91 Å². The Labute approximate surface area is 90.7 Å². The second-order valence-electron chi connectivity index (χ2n) is 4.34. The molecule has 0 heterocycles. The average molecular weight is 203 g/mol. The van der Waals surface area contributed by atoms with Crippen LogP contribution in [0, 0.1) is 0 Å². The van der Waals surface area contributed by atoms with E-state index in [4.69, 9.17) is 0 Å². The van der Waals surface area contributed by atoms with Crippen LogP contribution in [0.3, 0.4) is 0 Å². The van der Waals surface area contributed by atoms with E-state index in [1.807, 2.05) is 18.2 Å². The molecule has 2 rings (SSSR count). The first-order chi connectivity index (χ1) is 7.23. The number of rotatable bonds is 2. The first-order valence-corrected chi connectivity index (χ1v) is 5.57.